The van der Waals surface area contributed by atoms with Gasteiger partial charge in [-0.3, -0.25) is 9.78 Å². The molecule has 0 bridgehead atoms. The van der Waals surface area contributed by atoms with Crippen LogP contribution >= 0.6 is 0 Å². The number of rotatable bonds is 2. The maximum Gasteiger partial charge on any atom is 0.220 e. The lowest BCUT2D eigenvalue weighted by atomic mass is 10.00. The number of hydrogen-bond donors (Lipinski definition) is 2. The minimum Gasteiger partial charge on any atom is -0.387 e. The van der Waals surface area contributed by atoms with Gasteiger partial charge in [0.1, 0.15) is 0 Å². The molecular formula is C18H18N2O2. The Morgan fingerprint density at radius 3 is 2.64 bits per heavy atom. The third-order valence-electron chi connectivity index (χ3n) is 4.65. The van der Waals surface area contributed by atoms with E-state index in [2.05, 4.69) is 40.6 Å². The monoisotopic (exact) mass is 294 g/mol. The fourth-order valence-corrected chi connectivity index (χ4v) is 3.38. The van der Waals surface area contributed by atoms with Crippen LogP contribution in [0.3, 0.4) is 0 Å². The molecule has 1 aromatic heterocycles. The van der Waals surface area contributed by atoms with E-state index in [1.54, 1.807) is 0 Å². The molecule has 0 saturated carbocycles. The molecule has 1 fully saturated rings. The molecule has 2 atom stereocenters. The van der Waals surface area contributed by atoms with E-state index in [-0.39, 0.29) is 11.9 Å². The molecular weight excluding hydrogens is 276 g/mol. The van der Waals surface area contributed by atoms with Crippen molar-refractivity contribution in [1.29, 1.82) is 0 Å². The van der Waals surface area contributed by atoms with Crippen molar-refractivity contribution < 1.29 is 9.90 Å². The topological polar surface area (TPSA) is 62.2 Å². The fraction of sp³-hybridized carbons (Fsp3) is 0.333. The first-order valence-corrected chi connectivity index (χ1v) is 7.77. The average Bonchev–Trinajstić information content (AvgIpc) is 3.14. The van der Waals surface area contributed by atoms with Crippen LogP contribution in [0.1, 0.15) is 48.2 Å². The number of nitrogens with zero attached hydrogens (tertiary/aromatic N) is 1. The van der Waals surface area contributed by atoms with Crippen LogP contribution < -0.4 is 5.32 Å². The van der Waals surface area contributed by atoms with Gasteiger partial charge in [-0.1, -0.05) is 24.3 Å². The van der Waals surface area contributed by atoms with Gasteiger partial charge >= 0.3 is 0 Å². The van der Waals surface area contributed by atoms with Crippen molar-refractivity contribution in [2.45, 2.75) is 37.8 Å². The number of pyridine rings is 1. The second-order valence-corrected chi connectivity index (χ2v) is 6.10. The number of aliphatic hydroxyl groups is 1. The van der Waals surface area contributed by atoms with Gasteiger partial charge < -0.3 is 10.4 Å². The first-order valence-electron chi connectivity index (χ1n) is 7.77. The van der Waals surface area contributed by atoms with Crippen molar-refractivity contribution in [3.05, 3.63) is 53.3 Å². The van der Waals surface area contributed by atoms with E-state index < -0.39 is 6.10 Å². The standard InChI is InChI=1S/C18H18N2O2/c21-16-7-5-13-9-14(10-19-18(13)16)11-1-3-12(4-2-11)15-6-8-17(22)20-15/h1-4,9-10,15-16,21H,5-8H2,(H,20,22). The van der Waals surface area contributed by atoms with Gasteiger partial charge in [-0.25, -0.2) is 0 Å². The lowest BCUT2D eigenvalue weighted by Gasteiger charge is -2.11. The van der Waals surface area contributed by atoms with Crippen molar-refractivity contribution in [3.8, 4) is 11.1 Å². The molecule has 1 aliphatic carbocycles. The number of benzene rings is 1. The zero-order valence-corrected chi connectivity index (χ0v) is 12.2. The highest BCUT2D eigenvalue weighted by Crippen LogP contribution is 2.32. The smallest absolute Gasteiger partial charge is 0.220 e. The molecule has 4 rings (SSSR count). The molecule has 2 N–H and O–H groups in total. The Bertz CT molecular complexity index is 724. The largest absolute Gasteiger partial charge is 0.387 e. The molecule has 2 aromatic rings. The number of nitrogens with one attached hydrogen (secondary N) is 1. The molecule has 4 heteroatoms. The van der Waals surface area contributed by atoms with Gasteiger partial charge in [0.15, 0.2) is 0 Å². The summed E-state index contributed by atoms with van der Waals surface area (Å²) in [4.78, 5) is 15.7. The van der Waals surface area contributed by atoms with Gasteiger partial charge in [0.05, 0.1) is 17.8 Å². The normalized spacial score (nSPS) is 23.4. The molecule has 0 radical (unpaired) electrons. The van der Waals surface area contributed by atoms with Crippen molar-refractivity contribution in [1.82, 2.24) is 10.3 Å². The fourth-order valence-electron chi connectivity index (χ4n) is 3.38. The molecule has 2 unspecified atom stereocenters. The number of fused-ring (bicyclic) bond motifs is 1. The molecule has 1 saturated heterocycles. The van der Waals surface area contributed by atoms with Crippen LogP contribution in [0.2, 0.25) is 0 Å². The highest BCUT2D eigenvalue weighted by Gasteiger charge is 2.23. The molecule has 2 aliphatic rings. The first kappa shape index (κ1) is 13.5. The van der Waals surface area contributed by atoms with E-state index in [9.17, 15) is 9.90 Å². The van der Waals surface area contributed by atoms with E-state index in [4.69, 9.17) is 0 Å². The molecule has 1 amide bonds. The van der Waals surface area contributed by atoms with Crippen LogP contribution in [0.15, 0.2) is 36.5 Å². The third kappa shape index (κ3) is 2.29. The molecule has 4 nitrogen and oxygen atoms in total. The van der Waals surface area contributed by atoms with Crippen LogP contribution in [0.5, 0.6) is 0 Å². The highest BCUT2D eigenvalue weighted by atomic mass is 16.3. The summed E-state index contributed by atoms with van der Waals surface area (Å²) in [5.41, 5.74) is 5.32. The summed E-state index contributed by atoms with van der Waals surface area (Å²) in [5, 5.41) is 12.8. The third-order valence-corrected chi connectivity index (χ3v) is 4.65. The predicted molar refractivity (Wildman–Crippen MR) is 83.1 cm³/mol. The average molecular weight is 294 g/mol. The second-order valence-electron chi connectivity index (χ2n) is 6.10. The molecule has 22 heavy (non-hydrogen) atoms. The number of carbonyl (C=O) groups is 1. The summed E-state index contributed by atoms with van der Waals surface area (Å²) in [7, 11) is 0. The second kappa shape index (κ2) is 5.21. The Kier molecular flexibility index (Phi) is 3.19. The molecule has 112 valence electrons. The Morgan fingerprint density at radius 2 is 1.91 bits per heavy atom. The zero-order valence-electron chi connectivity index (χ0n) is 12.2. The summed E-state index contributed by atoms with van der Waals surface area (Å²) in [6, 6.07) is 10.6. The lowest BCUT2D eigenvalue weighted by molar-refractivity contribution is -0.119. The Labute approximate surface area is 129 Å². The van der Waals surface area contributed by atoms with Crippen molar-refractivity contribution in [2.75, 3.05) is 0 Å². The van der Waals surface area contributed by atoms with Gasteiger partial charge in [0.25, 0.3) is 0 Å². The highest BCUT2D eigenvalue weighted by molar-refractivity contribution is 5.78. The summed E-state index contributed by atoms with van der Waals surface area (Å²) >= 11 is 0. The molecule has 2 heterocycles. The van der Waals surface area contributed by atoms with Crippen molar-refractivity contribution >= 4 is 5.91 Å². The van der Waals surface area contributed by atoms with E-state index in [1.165, 1.54) is 0 Å². The van der Waals surface area contributed by atoms with Gasteiger partial charge in [0.2, 0.25) is 5.91 Å². The van der Waals surface area contributed by atoms with E-state index in [1.807, 2.05) is 6.20 Å². The minimum absolute atomic E-state index is 0.135. The van der Waals surface area contributed by atoms with Crippen LogP contribution in [0.4, 0.5) is 0 Å². The zero-order chi connectivity index (χ0) is 15.1. The maximum atomic E-state index is 11.3. The van der Waals surface area contributed by atoms with E-state index in [0.717, 1.165) is 47.2 Å². The number of aliphatic hydroxyl groups excluding tert-OH is 1. The Balaban J connectivity index is 1.60. The summed E-state index contributed by atoms with van der Waals surface area (Å²) in [6.07, 6.45) is 4.58. The quantitative estimate of drug-likeness (QED) is 0.895. The number of aromatic nitrogens is 1. The summed E-state index contributed by atoms with van der Waals surface area (Å²) in [6.45, 7) is 0. The number of amides is 1. The Hall–Kier alpha value is -2.20. The first-order chi connectivity index (χ1) is 10.7. The minimum atomic E-state index is -0.405. The van der Waals surface area contributed by atoms with Crippen molar-refractivity contribution in [2.24, 2.45) is 0 Å². The van der Waals surface area contributed by atoms with Crippen LogP contribution in [-0.4, -0.2) is 16.0 Å². The SMILES string of the molecule is O=C1CCC(c2ccc(-c3cnc4c(c3)CCC4O)cc2)N1. The van der Waals surface area contributed by atoms with E-state index in [0.29, 0.717) is 6.42 Å². The predicted octanol–water partition coefficient (Wildman–Crippen LogP) is 2.68. The number of hydrogen-bond acceptors (Lipinski definition) is 3. The van der Waals surface area contributed by atoms with Crippen LogP contribution in [0.25, 0.3) is 11.1 Å². The van der Waals surface area contributed by atoms with Gasteiger partial charge in [-0.2, -0.15) is 0 Å². The van der Waals surface area contributed by atoms with Gasteiger partial charge in [-0.15, -0.1) is 0 Å². The van der Waals surface area contributed by atoms with Crippen LogP contribution in [0, 0.1) is 0 Å². The number of aryl methyl sites for hydroxylation is 1. The summed E-state index contributed by atoms with van der Waals surface area (Å²) < 4.78 is 0. The molecule has 1 aliphatic heterocycles. The molecule has 0 spiro atoms. The van der Waals surface area contributed by atoms with Gasteiger partial charge in [0, 0.05) is 18.2 Å². The Morgan fingerprint density at radius 1 is 1.09 bits per heavy atom. The maximum absolute atomic E-state index is 11.3. The number of carbonyl (C=O) groups excluding carboxylic acids is 1. The van der Waals surface area contributed by atoms with Crippen LogP contribution in [-0.2, 0) is 11.2 Å². The van der Waals surface area contributed by atoms with Crippen molar-refractivity contribution in [3.63, 3.8) is 0 Å². The summed E-state index contributed by atoms with van der Waals surface area (Å²) in [5.74, 6) is 0.135. The van der Waals surface area contributed by atoms with E-state index >= 15 is 0 Å². The molecule has 1 aromatic carbocycles. The lowest BCUT2D eigenvalue weighted by Crippen LogP contribution is -2.18. The van der Waals surface area contributed by atoms with Gasteiger partial charge in [-0.05, 0) is 42.0 Å².